The molecule has 7 heteroatoms. The maximum absolute atomic E-state index is 12.4. The van der Waals surface area contributed by atoms with Crippen LogP contribution < -0.4 is 10.2 Å². The van der Waals surface area contributed by atoms with Crippen LogP contribution in [0, 0.1) is 0 Å². The molecule has 2 heterocycles. The Morgan fingerprint density at radius 2 is 1.97 bits per heavy atom. The van der Waals surface area contributed by atoms with Crippen molar-refractivity contribution in [1.29, 1.82) is 0 Å². The van der Waals surface area contributed by atoms with Crippen molar-refractivity contribution in [2.45, 2.75) is 30.9 Å². The Morgan fingerprint density at radius 1 is 1.23 bits per heavy atom. The molecule has 3 rings (SSSR count). The summed E-state index contributed by atoms with van der Waals surface area (Å²) in [5.74, 6) is 0.985. The van der Waals surface area contributed by atoms with E-state index in [9.17, 15) is 9.59 Å². The molecule has 0 radical (unpaired) electrons. The predicted octanol–water partition coefficient (Wildman–Crippen LogP) is 3.55. The molecule has 0 spiro atoms. The first kappa shape index (κ1) is 22.2. The maximum Gasteiger partial charge on any atom is 0.227 e. The van der Waals surface area contributed by atoms with E-state index in [1.54, 1.807) is 17.8 Å². The number of piperazine rings is 1. The highest BCUT2D eigenvalue weighted by molar-refractivity contribution is 7.98. The summed E-state index contributed by atoms with van der Waals surface area (Å²) >= 11 is 1.68. The molecule has 0 unspecified atom stereocenters. The van der Waals surface area contributed by atoms with Crippen molar-refractivity contribution in [3.05, 3.63) is 70.8 Å². The van der Waals surface area contributed by atoms with Gasteiger partial charge in [-0.1, -0.05) is 18.2 Å². The third-order valence-electron chi connectivity index (χ3n) is 5.07. The summed E-state index contributed by atoms with van der Waals surface area (Å²) in [6.45, 7) is 7.42. The molecule has 0 N–H and O–H groups in total. The van der Waals surface area contributed by atoms with Crippen molar-refractivity contribution in [2.75, 3.05) is 32.4 Å². The Morgan fingerprint density at radius 3 is 2.60 bits per heavy atom. The van der Waals surface area contributed by atoms with Gasteiger partial charge in [-0.05, 0) is 30.4 Å². The topological polar surface area (TPSA) is 63.0 Å². The predicted molar refractivity (Wildman–Crippen MR) is 119 cm³/mol. The van der Waals surface area contributed by atoms with Gasteiger partial charge in [0.25, 0.3) is 0 Å². The van der Waals surface area contributed by atoms with Crippen LogP contribution in [0.25, 0.3) is 0 Å². The summed E-state index contributed by atoms with van der Waals surface area (Å²) < 4.78 is 11.3. The quantitative estimate of drug-likeness (QED) is 0.450. The number of allylic oxidation sites excluding steroid dienone is 1. The number of nitrogens with zero attached hydrogens (tertiary/aromatic N) is 2. The number of hydrogen-bond acceptors (Lipinski definition) is 6. The van der Waals surface area contributed by atoms with Crippen LogP contribution in [0.5, 0.6) is 5.75 Å². The zero-order chi connectivity index (χ0) is 21.3. The minimum atomic E-state index is -0.185. The maximum atomic E-state index is 12.4. The summed E-state index contributed by atoms with van der Waals surface area (Å²) in [5, 5.41) is 0. The molecule has 0 atom stereocenters. The molecule has 0 saturated carbocycles. The van der Waals surface area contributed by atoms with E-state index in [4.69, 9.17) is 9.15 Å². The minimum Gasteiger partial charge on any atom is -0.482 e. The standard InChI is InChI=1S/C23H28N2O4S/c1-3-4-5-23(27)25-12-10-24(11-13-25)15-19-14-21(26)22(17-28-19)29-16-18-6-8-20(30-2)9-7-18/h3,6-9,14,17H,1,4-5,10-13,15-16H2,2H3. The lowest BCUT2D eigenvalue weighted by Gasteiger charge is -2.34. The normalized spacial score (nSPS) is 14.5. The van der Waals surface area contributed by atoms with E-state index < -0.39 is 0 Å². The van der Waals surface area contributed by atoms with Crippen molar-refractivity contribution in [3.63, 3.8) is 0 Å². The fourth-order valence-corrected chi connectivity index (χ4v) is 3.68. The van der Waals surface area contributed by atoms with Crippen LogP contribution in [0.15, 0.2) is 63.4 Å². The number of thioether (sulfide) groups is 1. The first-order valence-electron chi connectivity index (χ1n) is 10.1. The van der Waals surface area contributed by atoms with E-state index in [1.807, 2.05) is 35.4 Å². The van der Waals surface area contributed by atoms with Crippen LogP contribution in [0.4, 0.5) is 0 Å². The van der Waals surface area contributed by atoms with Crippen molar-refractivity contribution >= 4 is 17.7 Å². The fraction of sp³-hybridized carbons (Fsp3) is 0.391. The molecule has 160 valence electrons. The van der Waals surface area contributed by atoms with Gasteiger partial charge in [0.2, 0.25) is 17.1 Å². The van der Waals surface area contributed by atoms with Crippen molar-refractivity contribution in [3.8, 4) is 5.75 Å². The highest BCUT2D eigenvalue weighted by Gasteiger charge is 2.21. The van der Waals surface area contributed by atoms with E-state index in [2.05, 4.69) is 11.5 Å². The Balaban J connectivity index is 1.49. The lowest BCUT2D eigenvalue weighted by molar-refractivity contribution is -0.132. The number of benzene rings is 1. The lowest BCUT2D eigenvalue weighted by atomic mass is 10.2. The van der Waals surface area contributed by atoms with Gasteiger partial charge < -0.3 is 14.1 Å². The van der Waals surface area contributed by atoms with E-state index in [1.165, 1.54) is 17.2 Å². The molecule has 6 nitrogen and oxygen atoms in total. The molecule has 1 aliphatic rings. The highest BCUT2D eigenvalue weighted by atomic mass is 32.2. The van der Waals surface area contributed by atoms with Crippen molar-refractivity contribution in [2.24, 2.45) is 0 Å². The lowest BCUT2D eigenvalue weighted by Crippen LogP contribution is -2.48. The van der Waals surface area contributed by atoms with Crippen LogP contribution >= 0.6 is 11.8 Å². The van der Waals surface area contributed by atoms with Gasteiger partial charge in [0.15, 0.2) is 0 Å². The number of hydrogen-bond donors (Lipinski definition) is 0. The molecule has 0 bridgehead atoms. The van der Waals surface area contributed by atoms with Crippen LogP contribution in [-0.4, -0.2) is 48.1 Å². The summed E-state index contributed by atoms with van der Waals surface area (Å²) in [6, 6.07) is 9.53. The smallest absolute Gasteiger partial charge is 0.227 e. The highest BCUT2D eigenvalue weighted by Crippen LogP contribution is 2.16. The third-order valence-corrected chi connectivity index (χ3v) is 5.82. The first-order chi connectivity index (χ1) is 14.6. The van der Waals surface area contributed by atoms with Crippen molar-refractivity contribution in [1.82, 2.24) is 9.80 Å². The van der Waals surface area contributed by atoms with Gasteiger partial charge in [-0.15, -0.1) is 18.3 Å². The average molecular weight is 429 g/mol. The SMILES string of the molecule is C=CCCC(=O)N1CCN(Cc2cc(=O)c(OCc3ccc(SC)cc3)co2)CC1. The largest absolute Gasteiger partial charge is 0.482 e. The fourth-order valence-electron chi connectivity index (χ4n) is 3.27. The summed E-state index contributed by atoms with van der Waals surface area (Å²) in [4.78, 5) is 29.7. The first-order valence-corrected chi connectivity index (χ1v) is 11.3. The molecular formula is C23H28N2O4S. The Bertz CT molecular complexity index is 902. The summed E-state index contributed by atoms with van der Waals surface area (Å²) in [7, 11) is 0. The van der Waals surface area contributed by atoms with Crippen LogP contribution in [0.2, 0.25) is 0 Å². The molecule has 1 aliphatic heterocycles. The third kappa shape index (κ3) is 6.24. The van der Waals surface area contributed by atoms with Gasteiger partial charge in [0.05, 0.1) is 6.54 Å². The zero-order valence-electron chi connectivity index (χ0n) is 17.3. The van der Waals surface area contributed by atoms with Crippen LogP contribution in [0.3, 0.4) is 0 Å². The number of carbonyl (C=O) groups excluding carboxylic acids is 1. The van der Waals surface area contributed by atoms with Gasteiger partial charge in [-0.25, -0.2) is 0 Å². The Labute approximate surface area is 181 Å². The van der Waals surface area contributed by atoms with Gasteiger partial charge in [0, 0.05) is 43.6 Å². The Hall–Kier alpha value is -2.51. The van der Waals surface area contributed by atoms with E-state index in [-0.39, 0.29) is 17.1 Å². The summed E-state index contributed by atoms with van der Waals surface area (Å²) in [5.41, 5.74) is 0.812. The minimum absolute atomic E-state index is 0.172. The van der Waals surface area contributed by atoms with Gasteiger partial charge in [-0.2, -0.15) is 0 Å². The number of ether oxygens (including phenoxy) is 1. The Kier molecular flexibility index (Phi) is 8.16. The molecular weight excluding hydrogens is 400 g/mol. The summed E-state index contributed by atoms with van der Waals surface area (Å²) in [6.07, 6.45) is 6.42. The molecule has 1 fully saturated rings. The average Bonchev–Trinajstić information content (AvgIpc) is 2.78. The van der Waals surface area contributed by atoms with Crippen molar-refractivity contribution < 1.29 is 13.9 Å². The monoisotopic (exact) mass is 428 g/mol. The number of rotatable bonds is 9. The molecule has 0 aliphatic carbocycles. The second-order valence-electron chi connectivity index (χ2n) is 7.20. The molecule has 1 amide bonds. The molecule has 2 aromatic rings. The molecule has 1 saturated heterocycles. The molecule has 1 aromatic carbocycles. The number of amides is 1. The zero-order valence-corrected chi connectivity index (χ0v) is 18.2. The molecule has 30 heavy (non-hydrogen) atoms. The van der Waals surface area contributed by atoms with Gasteiger partial charge in [-0.3, -0.25) is 14.5 Å². The van der Waals surface area contributed by atoms with Crippen LogP contribution in [0.1, 0.15) is 24.2 Å². The van der Waals surface area contributed by atoms with E-state index in [0.29, 0.717) is 44.8 Å². The van der Waals surface area contributed by atoms with Gasteiger partial charge in [0.1, 0.15) is 18.6 Å². The van der Waals surface area contributed by atoms with E-state index >= 15 is 0 Å². The molecule has 1 aromatic heterocycles. The van der Waals surface area contributed by atoms with Gasteiger partial charge >= 0.3 is 0 Å². The van der Waals surface area contributed by atoms with E-state index in [0.717, 1.165) is 18.7 Å². The second kappa shape index (κ2) is 11.0. The second-order valence-corrected chi connectivity index (χ2v) is 8.08. The number of carbonyl (C=O) groups is 1. The van der Waals surface area contributed by atoms with Crippen LogP contribution in [-0.2, 0) is 17.9 Å².